The van der Waals surface area contributed by atoms with Crippen LogP contribution >= 0.6 is 0 Å². The van der Waals surface area contributed by atoms with E-state index in [1.807, 2.05) is 36.4 Å². The number of fused-ring (bicyclic) bond motifs is 3. The van der Waals surface area contributed by atoms with Gasteiger partial charge in [-0.2, -0.15) is 5.10 Å². The Labute approximate surface area is 103 Å². The highest BCUT2D eigenvalue weighted by atomic mass is 16.1. The van der Waals surface area contributed by atoms with E-state index in [2.05, 4.69) is 10.2 Å². The fourth-order valence-corrected chi connectivity index (χ4v) is 2.08. The number of H-pyrrole nitrogens is 1. The van der Waals surface area contributed by atoms with Crippen molar-refractivity contribution in [2.75, 3.05) is 6.54 Å². The van der Waals surface area contributed by atoms with Gasteiger partial charge in [-0.15, -0.1) is 0 Å². The molecule has 0 bridgehead atoms. The zero-order valence-corrected chi connectivity index (χ0v) is 9.63. The van der Waals surface area contributed by atoms with Crippen LogP contribution in [0.25, 0.3) is 22.5 Å². The summed E-state index contributed by atoms with van der Waals surface area (Å²) in [6, 6.07) is 7.84. The Bertz CT molecular complexity index is 797. The predicted molar refractivity (Wildman–Crippen MR) is 71.4 cm³/mol. The molecule has 0 unspecified atom stereocenters. The first-order valence-corrected chi connectivity index (χ1v) is 5.66. The van der Waals surface area contributed by atoms with Crippen molar-refractivity contribution < 1.29 is 0 Å². The Morgan fingerprint density at radius 2 is 2.11 bits per heavy atom. The summed E-state index contributed by atoms with van der Waals surface area (Å²) in [4.78, 5) is 11.6. The lowest BCUT2D eigenvalue weighted by Crippen LogP contribution is -2.09. The van der Waals surface area contributed by atoms with Gasteiger partial charge >= 0.3 is 5.69 Å². The molecular formula is C13H12N4O. The highest BCUT2D eigenvalue weighted by Gasteiger charge is 2.07. The molecule has 5 heteroatoms. The molecule has 3 N–H and O–H groups in total. The molecule has 2 aromatic heterocycles. The minimum Gasteiger partial charge on any atom is -0.327 e. The molecule has 0 amide bonds. The number of aromatic nitrogens is 3. The lowest BCUT2D eigenvalue weighted by atomic mass is 10.1. The molecule has 3 aromatic rings. The first-order chi connectivity index (χ1) is 8.81. The number of pyridine rings is 1. The second kappa shape index (κ2) is 4.12. The van der Waals surface area contributed by atoms with Crippen molar-refractivity contribution in [3.05, 3.63) is 52.6 Å². The van der Waals surface area contributed by atoms with Gasteiger partial charge in [-0.3, -0.25) is 0 Å². The van der Waals surface area contributed by atoms with E-state index in [9.17, 15) is 4.79 Å². The van der Waals surface area contributed by atoms with Crippen LogP contribution in [0.1, 0.15) is 5.56 Å². The molecule has 3 rings (SSSR count). The molecule has 0 saturated heterocycles. The number of nitrogens with zero attached hydrogens (tertiary/aromatic N) is 2. The summed E-state index contributed by atoms with van der Waals surface area (Å²) in [6.07, 6.45) is 5.55. The SMILES string of the molecule is NC/C=C/c1cn2c(=O)[nH]nc2c2ccccc12. The van der Waals surface area contributed by atoms with E-state index < -0.39 is 0 Å². The molecule has 0 radical (unpaired) electrons. The lowest BCUT2D eigenvalue weighted by molar-refractivity contribution is 1.02. The van der Waals surface area contributed by atoms with Crippen molar-refractivity contribution >= 4 is 22.5 Å². The fourth-order valence-electron chi connectivity index (χ4n) is 2.08. The first kappa shape index (κ1) is 10.7. The molecule has 0 aliphatic heterocycles. The third kappa shape index (κ3) is 1.53. The zero-order chi connectivity index (χ0) is 12.5. The molecule has 0 aliphatic carbocycles. The average Bonchev–Trinajstić information content (AvgIpc) is 2.78. The van der Waals surface area contributed by atoms with E-state index in [4.69, 9.17) is 5.73 Å². The number of nitrogens with two attached hydrogens (primary N) is 1. The molecule has 2 heterocycles. The van der Waals surface area contributed by atoms with E-state index in [1.54, 1.807) is 6.20 Å². The summed E-state index contributed by atoms with van der Waals surface area (Å²) in [7, 11) is 0. The highest BCUT2D eigenvalue weighted by Crippen LogP contribution is 2.22. The molecule has 5 nitrogen and oxygen atoms in total. The van der Waals surface area contributed by atoms with Crippen molar-refractivity contribution in [2.24, 2.45) is 5.73 Å². The maximum Gasteiger partial charge on any atom is 0.347 e. The number of benzene rings is 1. The molecular weight excluding hydrogens is 228 g/mol. The van der Waals surface area contributed by atoms with Gasteiger partial charge in [-0.25, -0.2) is 14.3 Å². The topological polar surface area (TPSA) is 76.2 Å². The molecule has 0 spiro atoms. The highest BCUT2D eigenvalue weighted by molar-refractivity contribution is 5.98. The Hall–Kier alpha value is -2.40. The Kier molecular flexibility index (Phi) is 2.46. The minimum absolute atomic E-state index is 0.238. The largest absolute Gasteiger partial charge is 0.347 e. The van der Waals surface area contributed by atoms with Gasteiger partial charge in [0.05, 0.1) is 0 Å². The summed E-state index contributed by atoms with van der Waals surface area (Å²) in [5.74, 6) is 0. The van der Waals surface area contributed by atoms with Gasteiger partial charge in [-0.1, -0.05) is 36.4 Å². The smallest absolute Gasteiger partial charge is 0.327 e. The lowest BCUT2D eigenvalue weighted by Gasteiger charge is -2.03. The Morgan fingerprint density at radius 3 is 2.89 bits per heavy atom. The van der Waals surface area contributed by atoms with Crippen LogP contribution in [0.3, 0.4) is 0 Å². The van der Waals surface area contributed by atoms with Crippen LogP contribution in [0.15, 0.2) is 41.3 Å². The third-order valence-corrected chi connectivity index (χ3v) is 2.89. The summed E-state index contributed by atoms with van der Waals surface area (Å²) >= 11 is 0. The van der Waals surface area contributed by atoms with Crippen LogP contribution < -0.4 is 11.4 Å². The summed E-state index contributed by atoms with van der Waals surface area (Å²) in [5, 5.41) is 8.49. The summed E-state index contributed by atoms with van der Waals surface area (Å²) in [6.45, 7) is 0.465. The van der Waals surface area contributed by atoms with Gasteiger partial charge in [0.1, 0.15) is 0 Å². The Morgan fingerprint density at radius 1 is 1.33 bits per heavy atom. The van der Waals surface area contributed by atoms with E-state index in [0.717, 1.165) is 16.3 Å². The van der Waals surface area contributed by atoms with Crippen LogP contribution in [0.2, 0.25) is 0 Å². The first-order valence-electron chi connectivity index (χ1n) is 5.66. The molecule has 0 atom stereocenters. The number of aromatic amines is 1. The standard InChI is InChI=1S/C13H12N4O/c14-7-3-4-9-8-17-12(15-16-13(17)18)11-6-2-1-5-10(9)11/h1-6,8H,7,14H2,(H,16,18)/b4-3+. The number of rotatable bonds is 2. The molecule has 1 aromatic carbocycles. The molecule has 0 aliphatic rings. The summed E-state index contributed by atoms with van der Waals surface area (Å²) < 4.78 is 1.51. The fraction of sp³-hybridized carbons (Fsp3) is 0.0769. The van der Waals surface area contributed by atoms with Crippen molar-refractivity contribution in [2.45, 2.75) is 0 Å². The van der Waals surface area contributed by atoms with E-state index in [-0.39, 0.29) is 5.69 Å². The number of hydrogen-bond donors (Lipinski definition) is 2. The average molecular weight is 240 g/mol. The number of hydrogen-bond acceptors (Lipinski definition) is 3. The van der Waals surface area contributed by atoms with Gasteiger partial charge in [-0.05, 0) is 10.9 Å². The van der Waals surface area contributed by atoms with Crippen LogP contribution in [-0.4, -0.2) is 21.1 Å². The molecule has 0 fully saturated rings. The van der Waals surface area contributed by atoms with Crippen molar-refractivity contribution in [3.8, 4) is 0 Å². The van der Waals surface area contributed by atoms with Gasteiger partial charge < -0.3 is 5.73 Å². The van der Waals surface area contributed by atoms with Crippen LogP contribution in [-0.2, 0) is 0 Å². The van der Waals surface area contributed by atoms with Gasteiger partial charge in [0, 0.05) is 18.1 Å². The van der Waals surface area contributed by atoms with E-state index in [1.165, 1.54) is 4.40 Å². The minimum atomic E-state index is -0.238. The normalized spacial score (nSPS) is 11.8. The quantitative estimate of drug-likeness (QED) is 0.705. The van der Waals surface area contributed by atoms with Gasteiger partial charge in [0.2, 0.25) is 0 Å². The molecule has 18 heavy (non-hydrogen) atoms. The van der Waals surface area contributed by atoms with Crippen LogP contribution in [0.4, 0.5) is 0 Å². The van der Waals surface area contributed by atoms with Gasteiger partial charge in [0.15, 0.2) is 5.65 Å². The van der Waals surface area contributed by atoms with Crippen molar-refractivity contribution in [1.29, 1.82) is 0 Å². The Balaban J connectivity index is 2.48. The maximum atomic E-state index is 11.6. The summed E-state index contributed by atoms with van der Waals surface area (Å²) in [5.41, 5.74) is 6.82. The van der Waals surface area contributed by atoms with Crippen LogP contribution in [0, 0.1) is 0 Å². The molecule has 90 valence electrons. The van der Waals surface area contributed by atoms with E-state index >= 15 is 0 Å². The monoisotopic (exact) mass is 240 g/mol. The maximum absolute atomic E-state index is 11.6. The van der Waals surface area contributed by atoms with Gasteiger partial charge in [0.25, 0.3) is 0 Å². The third-order valence-electron chi connectivity index (χ3n) is 2.89. The second-order valence-corrected chi connectivity index (χ2v) is 3.99. The predicted octanol–water partition coefficient (Wildman–Crippen LogP) is 1.15. The van der Waals surface area contributed by atoms with Crippen LogP contribution in [0.5, 0.6) is 0 Å². The number of nitrogens with one attached hydrogen (secondary N) is 1. The van der Waals surface area contributed by atoms with Crippen molar-refractivity contribution in [1.82, 2.24) is 14.6 Å². The van der Waals surface area contributed by atoms with E-state index in [0.29, 0.717) is 12.2 Å². The second-order valence-electron chi connectivity index (χ2n) is 3.99. The zero-order valence-electron chi connectivity index (χ0n) is 9.63. The molecule has 0 saturated carbocycles. The van der Waals surface area contributed by atoms with Crippen molar-refractivity contribution in [3.63, 3.8) is 0 Å².